The van der Waals surface area contributed by atoms with Gasteiger partial charge in [-0.1, -0.05) is 41.5 Å². The lowest BCUT2D eigenvalue weighted by atomic mass is 9.85. The molecule has 1 aliphatic rings. The highest BCUT2D eigenvalue weighted by Gasteiger charge is 2.33. The van der Waals surface area contributed by atoms with Crippen LogP contribution in [0, 0.1) is 10.8 Å². The second-order valence-electron chi connectivity index (χ2n) is 6.18. The fraction of sp³-hybridized carbons (Fsp3) is 0.833. The second-order valence-corrected chi connectivity index (χ2v) is 7.69. The Labute approximate surface area is 96.0 Å². The summed E-state index contributed by atoms with van der Waals surface area (Å²) in [5, 5.41) is 3.43. The average molecular weight is 229 g/mol. The summed E-state index contributed by atoms with van der Waals surface area (Å²) >= 11 is 0. The number of hydrogen-bond donors (Lipinski definition) is 1. The van der Waals surface area contributed by atoms with Crippen LogP contribution in [0.5, 0.6) is 0 Å². The molecule has 1 unspecified atom stereocenters. The highest BCUT2D eigenvalue weighted by molar-refractivity contribution is 7.89. The van der Waals surface area contributed by atoms with E-state index < -0.39 is 10.8 Å². The molecule has 0 radical (unpaired) electrons. The molecule has 0 aromatic carbocycles. The molecule has 0 saturated heterocycles. The van der Waals surface area contributed by atoms with Gasteiger partial charge in [-0.3, -0.25) is 4.21 Å². The SMILES string of the molecule is CC(C)(C)C1=C(C(C)(C)C)S(=O)CCN1. The van der Waals surface area contributed by atoms with Gasteiger partial charge in [-0.05, 0) is 5.41 Å². The fourth-order valence-corrected chi connectivity index (χ4v) is 3.67. The van der Waals surface area contributed by atoms with Crippen molar-refractivity contribution in [2.75, 3.05) is 12.3 Å². The Morgan fingerprint density at radius 1 is 1.07 bits per heavy atom. The van der Waals surface area contributed by atoms with Crippen LogP contribution in [0.25, 0.3) is 0 Å². The molecule has 0 spiro atoms. The van der Waals surface area contributed by atoms with E-state index in [-0.39, 0.29) is 10.8 Å². The maximum Gasteiger partial charge on any atom is 0.0529 e. The first-order valence-electron chi connectivity index (χ1n) is 5.51. The van der Waals surface area contributed by atoms with Crippen molar-refractivity contribution in [2.24, 2.45) is 10.8 Å². The Hall–Kier alpha value is -0.310. The Kier molecular flexibility index (Phi) is 3.34. The van der Waals surface area contributed by atoms with Gasteiger partial charge in [-0.15, -0.1) is 0 Å². The highest BCUT2D eigenvalue weighted by atomic mass is 32.2. The van der Waals surface area contributed by atoms with Gasteiger partial charge in [0.25, 0.3) is 0 Å². The van der Waals surface area contributed by atoms with Crippen LogP contribution >= 0.6 is 0 Å². The van der Waals surface area contributed by atoms with Gasteiger partial charge >= 0.3 is 0 Å². The summed E-state index contributed by atoms with van der Waals surface area (Å²) in [5.74, 6) is 0.742. The van der Waals surface area contributed by atoms with E-state index in [0.717, 1.165) is 17.2 Å². The summed E-state index contributed by atoms with van der Waals surface area (Å²) in [6.45, 7) is 13.8. The Morgan fingerprint density at radius 3 is 1.93 bits per heavy atom. The first-order valence-corrected chi connectivity index (χ1v) is 6.83. The van der Waals surface area contributed by atoms with Crippen molar-refractivity contribution in [2.45, 2.75) is 41.5 Å². The lowest BCUT2D eigenvalue weighted by Crippen LogP contribution is -2.38. The molecule has 1 aliphatic heterocycles. The third-order valence-corrected chi connectivity index (χ3v) is 4.32. The molecule has 15 heavy (non-hydrogen) atoms. The number of allylic oxidation sites excluding steroid dienone is 2. The van der Waals surface area contributed by atoms with Crippen LogP contribution in [0.3, 0.4) is 0 Å². The van der Waals surface area contributed by atoms with Gasteiger partial charge in [0.15, 0.2) is 0 Å². The minimum atomic E-state index is -0.807. The Bertz CT molecular complexity index is 305. The van der Waals surface area contributed by atoms with Crippen LogP contribution in [0.2, 0.25) is 0 Å². The number of hydrogen-bond acceptors (Lipinski definition) is 2. The average Bonchev–Trinajstić information content (AvgIpc) is 1.99. The van der Waals surface area contributed by atoms with Crippen LogP contribution in [0.4, 0.5) is 0 Å². The zero-order valence-corrected chi connectivity index (χ0v) is 11.5. The maximum absolute atomic E-state index is 12.1. The molecule has 0 bridgehead atoms. The normalized spacial score (nSPS) is 24.0. The summed E-state index contributed by atoms with van der Waals surface area (Å²) in [7, 11) is -0.807. The van der Waals surface area contributed by atoms with Gasteiger partial charge in [0.1, 0.15) is 0 Å². The predicted octanol–water partition coefficient (Wildman–Crippen LogP) is 2.64. The van der Waals surface area contributed by atoms with E-state index in [2.05, 4.69) is 46.9 Å². The fourth-order valence-electron chi connectivity index (χ4n) is 1.89. The van der Waals surface area contributed by atoms with Crippen LogP contribution < -0.4 is 5.32 Å². The molecule has 0 saturated carbocycles. The Morgan fingerprint density at radius 2 is 1.60 bits per heavy atom. The molecule has 1 rings (SSSR count). The lowest BCUT2D eigenvalue weighted by molar-refractivity contribution is 0.425. The van der Waals surface area contributed by atoms with E-state index in [1.807, 2.05) is 0 Å². The van der Waals surface area contributed by atoms with Gasteiger partial charge in [-0.2, -0.15) is 0 Å². The van der Waals surface area contributed by atoms with Crippen LogP contribution in [0.15, 0.2) is 10.6 Å². The maximum atomic E-state index is 12.1. The minimum absolute atomic E-state index is 0.0130. The van der Waals surface area contributed by atoms with E-state index in [1.54, 1.807) is 0 Å². The summed E-state index contributed by atoms with van der Waals surface area (Å²) in [5.41, 5.74) is 1.22. The largest absolute Gasteiger partial charge is 0.386 e. The molecule has 2 nitrogen and oxygen atoms in total. The second kappa shape index (κ2) is 3.93. The molecule has 0 amide bonds. The molecule has 0 fully saturated rings. The third kappa shape index (κ3) is 2.83. The molecule has 0 aliphatic carbocycles. The summed E-state index contributed by atoms with van der Waals surface area (Å²) < 4.78 is 12.1. The summed E-state index contributed by atoms with van der Waals surface area (Å²) in [4.78, 5) is 1.10. The van der Waals surface area contributed by atoms with E-state index in [1.165, 1.54) is 5.70 Å². The lowest BCUT2D eigenvalue weighted by Gasteiger charge is -2.36. The van der Waals surface area contributed by atoms with Gasteiger partial charge < -0.3 is 5.32 Å². The van der Waals surface area contributed by atoms with Crippen molar-refractivity contribution in [1.82, 2.24) is 5.32 Å². The van der Waals surface area contributed by atoms with Gasteiger partial charge in [0, 0.05) is 28.3 Å². The van der Waals surface area contributed by atoms with Crippen molar-refractivity contribution in [1.29, 1.82) is 0 Å². The first kappa shape index (κ1) is 12.8. The van der Waals surface area contributed by atoms with E-state index >= 15 is 0 Å². The smallest absolute Gasteiger partial charge is 0.0529 e. The monoisotopic (exact) mass is 229 g/mol. The topological polar surface area (TPSA) is 29.1 Å². The molecular formula is C12H23NOS. The van der Waals surface area contributed by atoms with Crippen LogP contribution in [0.1, 0.15) is 41.5 Å². The quantitative estimate of drug-likeness (QED) is 0.692. The molecule has 3 heteroatoms. The van der Waals surface area contributed by atoms with Crippen molar-refractivity contribution in [3.05, 3.63) is 10.6 Å². The molecule has 1 atom stereocenters. The van der Waals surface area contributed by atoms with Crippen LogP contribution in [-0.4, -0.2) is 16.5 Å². The number of rotatable bonds is 0. The van der Waals surface area contributed by atoms with Crippen LogP contribution in [-0.2, 0) is 10.8 Å². The Balaban J connectivity index is 3.30. The summed E-state index contributed by atoms with van der Waals surface area (Å²) in [6, 6.07) is 0. The van der Waals surface area contributed by atoms with Crippen molar-refractivity contribution < 1.29 is 4.21 Å². The van der Waals surface area contributed by atoms with E-state index in [9.17, 15) is 4.21 Å². The van der Waals surface area contributed by atoms with E-state index in [4.69, 9.17) is 0 Å². The number of nitrogens with one attached hydrogen (secondary N) is 1. The minimum Gasteiger partial charge on any atom is -0.386 e. The highest BCUT2D eigenvalue weighted by Crippen LogP contribution is 2.38. The third-order valence-electron chi connectivity index (χ3n) is 2.48. The molecule has 0 aromatic heterocycles. The molecular weight excluding hydrogens is 206 g/mol. The van der Waals surface area contributed by atoms with Gasteiger partial charge in [0.05, 0.1) is 10.8 Å². The zero-order chi connectivity index (χ0) is 11.9. The standard InChI is InChI=1S/C12H23NOS/c1-11(2,3)9-10(12(4,5)6)15(14)8-7-13-9/h13H,7-8H2,1-6H3. The van der Waals surface area contributed by atoms with Crippen molar-refractivity contribution in [3.63, 3.8) is 0 Å². The molecule has 1 heterocycles. The van der Waals surface area contributed by atoms with Crippen molar-refractivity contribution in [3.8, 4) is 0 Å². The first-order chi connectivity index (χ1) is 6.64. The molecule has 88 valence electrons. The molecule has 0 aromatic rings. The van der Waals surface area contributed by atoms with E-state index in [0.29, 0.717) is 0 Å². The van der Waals surface area contributed by atoms with Gasteiger partial charge in [0.2, 0.25) is 0 Å². The van der Waals surface area contributed by atoms with Crippen molar-refractivity contribution >= 4 is 10.8 Å². The van der Waals surface area contributed by atoms with Gasteiger partial charge in [-0.25, -0.2) is 0 Å². The predicted molar refractivity (Wildman–Crippen MR) is 66.9 cm³/mol. The molecule has 1 N–H and O–H groups in total. The summed E-state index contributed by atoms with van der Waals surface area (Å²) in [6.07, 6.45) is 0. The zero-order valence-electron chi connectivity index (χ0n) is 10.7.